The van der Waals surface area contributed by atoms with Crippen molar-refractivity contribution in [2.75, 3.05) is 6.61 Å². The fourth-order valence-electron chi connectivity index (χ4n) is 0.306. The van der Waals surface area contributed by atoms with E-state index in [1.807, 2.05) is 0 Å². The minimum Gasteiger partial charge on any atom is -0.393 e. The Kier molecular flexibility index (Phi) is 4.09. The molecule has 0 saturated heterocycles. The zero-order chi connectivity index (χ0) is 9.72. The molecule has 1 unspecified atom stereocenters. The number of esters is 2. The van der Waals surface area contributed by atoms with Gasteiger partial charge in [-0.2, -0.15) is 0 Å². The van der Waals surface area contributed by atoms with E-state index in [4.69, 9.17) is 10.2 Å². The number of ether oxygens (including phenoxy) is 1. The van der Waals surface area contributed by atoms with E-state index in [1.54, 1.807) is 0 Å². The molecule has 0 bridgehead atoms. The zero-order valence-electron chi connectivity index (χ0n) is 6.31. The van der Waals surface area contributed by atoms with Crippen LogP contribution in [0.25, 0.3) is 0 Å². The van der Waals surface area contributed by atoms with Crippen LogP contribution in [0.2, 0.25) is 0 Å². The topological polar surface area (TPSA) is 101 Å². The lowest BCUT2D eigenvalue weighted by Gasteiger charge is -2.03. The maximum Gasteiger partial charge on any atom is 0.381 e. The largest absolute Gasteiger partial charge is 0.393 e. The van der Waals surface area contributed by atoms with Crippen LogP contribution in [-0.2, 0) is 19.1 Å². The summed E-state index contributed by atoms with van der Waals surface area (Å²) in [6.45, 7) is 0.0605. The van der Waals surface area contributed by atoms with Crippen molar-refractivity contribution in [3.63, 3.8) is 0 Å². The number of ketones is 1. The lowest BCUT2D eigenvalue weighted by molar-refractivity contribution is -0.169. The van der Waals surface area contributed by atoms with Crippen LogP contribution < -0.4 is 0 Å². The quantitative estimate of drug-likeness (QED) is 0.293. The normalized spacial score (nSPS) is 11.9. The third-order valence-corrected chi connectivity index (χ3v) is 0.926. The summed E-state index contributed by atoms with van der Waals surface area (Å²) in [5.41, 5.74) is 0. The van der Waals surface area contributed by atoms with Gasteiger partial charge in [0.1, 0.15) is 0 Å². The van der Waals surface area contributed by atoms with Crippen LogP contribution in [0.15, 0.2) is 0 Å². The summed E-state index contributed by atoms with van der Waals surface area (Å²) in [5, 5.41) is 16.8. The molecule has 0 saturated carbocycles. The summed E-state index contributed by atoms with van der Waals surface area (Å²) < 4.78 is 3.83. The summed E-state index contributed by atoms with van der Waals surface area (Å²) in [4.78, 5) is 31.1. The van der Waals surface area contributed by atoms with Gasteiger partial charge in [0.05, 0.1) is 6.61 Å². The number of hydrogen-bond donors (Lipinski definition) is 2. The highest BCUT2D eigenvalue weighted by atomic mass is 16.6. The van der Waals surface area contributed by atoms with E-state index in [0.717, 1.165) is 6.92 Å². The summed E-state index contributed by atoms with van der Waals surface area (Å²) in [6.07, 6.45) is -1.78. The van der Waals surface area contributed by atoms with E-state index in [2.05, 4.69) is 4.74 Å². The van der Waals surface area contributed by atoms with Crippen LogP contribution in [0.5, 0.6) is 0 Å². The second-order valence-corrected chi connectivity index (χ2v) is 1.96. The smallest absolute Gasteiger partial charge is 0.381 e. The van der Waals surface area contributed by atoms with E-state index in [0.29, 0.717) is 0 Å². The van der Waals surface area contributed by atoms with Gasteiger partial charge < -0.3 is 14.9 Å². The average Bonchev–Trinajstić information content (AvgIpc) is 2.02. The molecule has 0 spiro atoms. The van der Waals surface area contributed by atoms with Crippen molar-refractivity contribution in [3.05, 3.63) is 0 Å². The highest BCUT2D eigenvalue weighted by Gasteiger charge is 2.21. The Labute approximate surface area is 67.8 Å². The number of carbonyl (C=O) groups is 3. The second kappa shape index (κ2) is 4.58. The van der Waals surface area contributed by atoms with Gasteiger partial charge in [-0.25, -0.2) is 9.59 Å². The first-order valence-electron chi connectivity index (χ1n) is 3.04. The molecule has 0 amide bonds. The molecule has 0 heterocycles. The van der Waals surface area contributed by atoms with Gasteiger partial charge in [-0.15, -0.1) is 0 Å². The molecule has 0 rings (SSSR count). The van der Waals surface area contributed by atoms with Gasteiger partial charge in [0, 0.05) is 6.92 Å². The fourth-order valence-corrected chi connectivity index (χ4v) is 0.306. The molecule has 6 heteroatoms. The van der Waals surface area contributed by atoms with Gasteiger partial charge in [0.2, 0.25) is 5.78 Å². The first-order valence-corrected chi connectivity index (χ1v) is 3.04. The van der Waals surface area contributed by atoms with Crippen molar-refractivity contribution < 1.29 is 29.3 Å². The summed E-state index contributed by atoms with van der Waals surface area (Å²) >= 11 is 0. The van der Waals surface area contributed by atoms with Crippen LogP contribution in [0.1, 0.15) is 6.92 Å². The number of aliphatic hydroxyl groups excluding tert-OH is 2. The summed E-state index contributed by atoms with van der Waals surface area (Å²) in [5.74, 6) is -3.64. The molecule has 0 aromatic carbocycles. The Morgan fingerprint density at radius 1 is 1.42 bits per heavy atom. The minimum atomic E-state index is -1.78. The maximum absolute atomic E-state index is 10.5. The minimum absolute atomic E-state index is 0.857. The van der Waals surface area contributed by atoms with Crippen molar-refractivity contribution in [2.24, 2.45) is 0 Å². The third-order valence-electron chi connectivity index (χ3n) is 0.926. The van der Waals surface area contributed by atoms with Crippen LogP contribution in [0.3, 0.4) is 0 Å². The Hall–Kier alpha value is -1.27. The van der Waals surface area contributed by atoms with Gasteiger partial charge in [-0.1, -0.05) is 0 Å². The number of rotatable bonds is 3. The van der Waals surface area contributed by atoms with E-state index in [9.17, 15) is 14.4 Å². The molecule has 0 aliphatic carbocycles. The predicted molar refractivity (Wildman–Crippen MR) is 34.9 cm³/mol. The van der Waals surface area contributed by atoms with Crippen molar-refractivity contribution >= 4 is 17.7 Å². The Morgan fingerprint density at radius 3 is 2.25 bits per heavy atom. The third kappa shape index (κ3) is 3.22. The van der Waals surface area contributed by atoms with Gasteiger partial charge in [-0.05, 0) is 0 Å². The standard InChI is InChI=1S/C6H8O6/c1-3(8)5(10)12-6(11)4(9)2-7/h4,7,9H,2H2,1H3. The second-order valence-electron chi connectivity index (χ2n) is 1.96. The molecular weight excluding hydrogens is 168 g/mol. The average molecular weight is 176 g/mol. The van der Waals surface area contributed by atoms with Crippen molar-refractivity contribution in [1.29, 1.82) is 0 Å². The Morgan fingerprint density at radius 2 is 1.92 bits per heavy atom. The van der Waals surface area contributed by atoms with E-state index in [1.165, 1.54) is 0 Å². The van der Waals surface area contributed by atoms with Crippen LogP contribution in [-0.4, -0.2) is 40.6 Å². The highest BCUT2D eigenvalue weighted by Crippen LogP contribution is 1.89. The van der Waals surface area contributed by atoms with E-state index >= 15 is 0 Å². The van der Waals surface area contributed by atoms with Crippen LogP contribution in [0.4, 0.5) is 0 Å². The molecule has 0 fully saturated rings. The van der Waals surface area contributed by atoms with Gasteiger partial charge in [0.15, 0.2) is 6.10 Å². The monoisotopic (exact) mass is 176 g/mol. The Bertz CT molecular complexity index is 208. The van der Waals surface area contributed by atoms with Crippen molar-refractivity contribution in [1.82, 2.24) is 0 Å². The zero-order valence-corrected chi connectivity index (χ0v) is 6.31. The van der Waals surface area contributed by atoms with E-state index in [-0.39, 0.29) is 0 Å². The molecule has 0 aliphatic heterocycles. The predicted octanol–water partition coefficient (Wildman–Crippen LogP) is -2.00. The Balaban J connectivity index is 4.01. The molecule has 12 heavy (non-hydrogen) atoms. The number of aliphatic hydroxyl groups is 2. The molecule has 1 atom stereocenters. The lowest BCUT2D eigenvalue weighted by atomic mass is 10.4. The molecule has 0 aromatic heterocycles. The maximum atomic E-state index is 10.5. The molecule has 0 aromatic rings. The van der Waals surface area contributed by atoms with E-state index < -0.39 is 30.4 Å². The molecule has 0 aliphatic rings. The molecular formula is C6H8O6. The summed E-state index contributed by atoms with van der Waals surface area (Å²) in [6, 6.07) is 0. The number of carbonyl (C=O) groups excluding carboxylic acids is 3. The molecule has 68 valence electrons. The van der Waals surface area contributed by atoms with Crippen LogP contribution in [0, 0.1) is 0 Å². The van der Waals surface area contributed by atoms with Crippen molar-refractivity contribution in [2.45, 2.75) is 13.0 Å². The highest BCUT2D eigenvalue weighted by molar-refractivity contribution is 6.34. The van der Waals surface area contributed by atoms with Crippen molar-refractivity contribution in [3.8, 4) is 0 Å². The van der Waals surface area contributed by atoms with Crippen LogP contribution >= 0.6 is 0 Å². The fraction of sp³-hybridized carbons (Fsp3) is 0.500. The first kappa shape index (κ1) is 10.7. The summed E-state index contributed by atoms with van der Waals surface area (Å²) in [7, 11) is 0. The molecule has 2 N–H and O–H groups in total. The lowest BCUT2D eigenvalue weighted by Crippen LogP contribution is -2.30. The number of hydrogen-bond acceptors (Lipinski definition) is 6. The van der Waals surface area contributed by atoms with Gasteiger partial charge in [-0.3, -0.25) is 4.79 Å². The number of Topliss-reactive ketones (excluding diaryl/α,β-unsaturated/α-hetero) is 1. The van der Waals surface area contributed by atoms with Gasteiger partial charge >= 0.3 is 11.9 Å². The molecule has 6 nitrogen and oxygen atoms in total. The van der Waals surface area contributed by atoms with Gasteiger partial charge in [0.25, 0.3) is 0 Å². The SMILES string of the molecule is CC(=O)C(=O)OC(=O)C(O)CO. The first-order chi connectivity index (χ1) is 5.49. The molecule has 0 radical (unpaired) electrons.